The van der Waals surface area contributed by atoms with E-state index in [2.05, 4.69) is 56.5 Å². The summed E-state index contributed by atoms with van der Waals surface area (Å²) in [6.45, 7) is 10.8. The predicted molar refractivity (Wildman–Crippen MR) is 212 cm³/mol. The van der Waals surface area contributed by atoms with Gasteiger partial charge in [-0.25, -0.2) is 4.98 Å². The molecule has 56 heavy (non-hydrogen) atoms. The van der Waals surface area contributed by atoms with E-state index >= 15 is 0 Å². The van der Waals surface area contributed by atoms with Gasteiger partial charge in [0.25, 0.3) is 0 Å². The first-order chi connectivity index (χ1) is 26.9. The highest BCUT2D eigenvalue weighted by atomic mass is 19.4. The summed E-state index contributed by atoms with van der Waals surface area (Å²) in [5.41, 5.74) is 4.67. The zero-order valence-corrected chi connectivity index (χ0v) is 32.7. The Labute approximate surface area is 325 Å². The van der Waals surface area contributed by atoms with Gasteiger partial charge in [-0.2, -0.15) is 23.3 Å². The number of likely N-dealkylation sites (tertiary alicyclic amines) is 2. The minimum Gasteiger partial charge on any atom is -0.481 e. The van der Waals surface area contributed by atoms with Gasteiger partial charge in [0, 0.05) is 86.2 Å². The lowest BCUT2D eigenvalue weighted by Crippen LogP contribution is -2.61. The van der Waals surface area contributed by atoms with Crippen LogP contribution in [0.2, 0.25) is 0 Å². The highest BCUT2D eigenvalue weighted by Crippen LogP contribution is 2.53. The summed E-state index contributed by atoms with van der Waals surface area (Å²) in [4.78, 5) is 34.2. The second-order valence-corrected chi connectivity index (χ2v) is 17.2. The molecule has 2 aromatic heterocycles. The van der Waals surface area contributed by atoms with Crippen LogP contribution in [0.1, 0.15) is 62.0 Å². The normalized spacial score (nSPS) is 22.1. The van der Waals surface area contributed by atoms with Crippen LogP contribution in [0.25, 0.3) is 32.9 Å². The third-order valence-electron chi connectivity index (χ3n) is 13.3. The summed E-state index contributed by atoms with van der Waals surface area (Å²) in [6.07, 6.45) is 5.34. The summed E-state index contributed by atoms with van der Waals surface area (Å²) in [6, 6.07) is 7.13. The minimum absolute atomic E-state index is 0.0355. The number of piperidine rings is 2. The quantitative estimate of drug-likeness (QED) is 0.191. The maximum atomic E-state index is 14.2. The summed E-state index contributed by atoms with van der Waals surface area (Å²) < 4.78 is 48.6. The van der Waals surface area contributed by atoms with Gasteiger partial charge in [-0.05, 0) is 107 Å². The molecule has 1 atom stereocenters. The van der Waals surface area contributed by atoms with E-state index in [0.29, 0.717) is 42.2 Å². The van der Waals surface area contributed by atoms with Crippen molar-refractivity contribution in [3.8, 4) is 16.9 Å². The Balaban J connectivity index is 1.15. The molecular formula is C42H52F3N9O2. The summed E-state index contributed by atoms with van der Waals surface area (Å²) in [5, 5.41) is 8.94. The maximum Gasteiger partial charge on any atom is 0.422 e. The number of aromatic amines is 1. The lowest BCUT2D eigenvalue weighted by Gasteiger charge is -2.54. The number of aryl methyl sites for hydroxylation is 1. The Hall–Kier alpha value is -4.43. The fourth-order valence-corrected chi connectivity index (χ4v) is 9.85. The van der Waals surface area contributed by atoms with Gasteiger partial charge in [-0.1, -0.05) is 12.6 Å². The van der Waals surface area contributed by atoms with Crippen molar-refractivity contribution in [1.29, 1.82) is 0 Å². The van der Waals surface area contributed by atoms with Crippen molar-refractivity contribution in [1.82, 2.24) is 34.9 Å². The number of H-pyrrole nitrogens is 1. The van der Waals surface area contributed by atoms with Crippen LogP contribution in [0.4, 0.5) is 24.9 Å². The average Bonchev–Trinajstić information content (AvgIpc) is 3.69. The monoisotopic (exact) mass is 771 g/mol. The number of amides is 1. The first-order valence-electron chi connectivity index (χ1n) is 20.2. The number of likely N-dealkylation sites (N-methyl/N-ethyl adjacent to an activating group) is 1. The first kappa shape index (κ1) is 37.2. The molecule has 14 heteroatoms. The van der Waals surface area contributed by atoms with Crippen LogP contribution in [0.3, 0.4) is 0 Å². The van der Waals surface area contributed by atoms with Gasteiger partial charge in [0.15, 0.2) is 12.4 Å². The van der Waals surface area contributed by atoms with Gasteiger partial charge in [-0.3, -0.25) is 14.8 Å². The van der Waals surface area contributed by atoms with Crippen LogP contribution in [0.15, 0.2) is 37.1 Å². The molecule has 4 saturated heterocycles. The molecule has 0 bridgehead atoms. The topological polar surface area (TPSA) is 97.0 Å². The minimum atomic E-state index is -4.55. The van der Waals surface area contributed by atoms with Gasteiger partial charge >= 0.3 is 6.18 Å². The number of halogens is 3. The third-order valence-corrected chi connectivity index (χ3v) is 13.3. The van der Waals surface area contributed by atoms with Crippen LogP contribution < -0.4 is 14.5 Å². The Bertz CT molecular complexity index is 2140. The van der Waals surface area contributed by atoms with Crippen LogP contribution in [0.5, 0.6) is 5.75 Å². The number of hydrogen-bond donors (Lipinski definition) is 1. The van der Waals surface area contributed by atoms with Crippen LogP contribution >= 0.6 is 0 Å². The van der Waals surface area contributed by atoms with Crippen LogP contribution in [-0.2, 0) is 4.79 Å². The van der Waals surface area contributed by atoms with E-state index in [9.17, 15) is 18.0 Å². The molecule has 4 aromatic rings. The fraction of sp³-hybridized carbons (Fsp3) is 0.571. The predicted octanol–water partition coefficient (Wildman–Crippen LogP) is 6.52. The molecule has 1 spiro atoms. The maximum absolute atomic E-state index is 14.2. The third kappa shape index (κ3) is 6.86. The van der Waals surface area contributed by atoms with Gasteiger partial charge in [0.05, 0.1) is 11.7 Å². The lowest BCUT2D eigenvalue weighted by atomic mass is 9.72. The van der Waals surface area contributed by atoms with Crippen molar-refractivity contribution >= 4 is 39.5 Å². The number of carbonyl (C=O) groups excluding carboxylic acids is 1. The molecule has 1 saturated carbocycles. The van der Waals surface area contributed by atoms with E-state index < -0.39 is 12.8 Å². The molecule has 1 N–H and O–H groups in total. The number of carbonyl (C=O) groups is 1. The molecule has 4 aliphatic heterocycles. The summed E-state index contributed by atoms with van der Waals surface area (Å²) in [5.74, 6) is 1.59. The molecule has 9 rings (SSSR count). The molecule has 0 radical (unpaired) electrons. The van der Waals surface area contributed by atoms with E-state index in [1.165, 1.54) is 12.5 Å². The number of nitrogens with zero attached hydrogens (tertiary/aromatic N) is 8. The number of rotatable bonds is 9. The number of alkyl halides is 3. The Morgan fingerprint density at radius 1 is 1.00 bits per heavy atom. The molecule has 1 aliphatic carbocycles. The number of nitrogens with one attached hydrogen (secondary N) is 1. The standard InChI is InChI=1S/C42H52F3N9O2/c1-5-34(55)54-23-41(24-54)13-18-51(19-14-41)39-31-20-30(27-7-8-27)36(35-26(2)6-9-33-32(35)21-46-49-33)38(56-25-42(43,44)45)37(31)47-40(48-39)52-15-10-28(11-16-52)53-17-12-29(22-53)50(3)4/h5-6,9,20-21,27-29H,1,7-8,10-19,22-25H2,2-4H3,(H,46,49)/t29-/m1/s1. The van der Waals surface area contributed by atoms with Crippen molar-refractivity contribution in [2.24, 2.45) is 5.41 Å². The number of anilines is 2. The number of ether oxygens (including phenoxy) is 1. The Morgan fingerprint density at radius 2 is 1.75 bits per heavy atom. The number of hydrogen-bond acceptors (Lipinski definition) is 9. The number of aromatic nitrogens is 4. The zero-order valence-electron chi connectivity index (χ0n) is 32.7. The SMILES string of the molecule is C=CC(=O)N1CC2(CCN(c3nc(N4CCC(N5CC[C@@H](N(C)C)C5)CC4)nc4c(OCC(F)(F)F)c(-c5c(C)ccc6[nH]ncc56)c(C5CC5)cc34)CC2)C1. The molecule has 1 amide bonds. The van der Waals surface area contributed by atoms with Crippen molar-refractivity contribution in [2.45, 2.75) is 76.0 Å². The zero-order chi connectivity index (χ0) is 38.9. The van der Waals surface area contributed by atoms with E-state index in [-0.39, 0.29) is 23.0 Å². The highest BCUT2D eigenvalue weighted by molar-refractivity contribution is 6.06. The van der Waals surface area contributed by atoms with Crippen molar-refractivity contribution in [3.63, 3.8) is 0 Å². The van der Waals surface area contributed by atoms with Gasteiger partial charge in [0.2, 0.25) is 11.9 Å². The molecule has 2 aromatic carbocycles. The summed E-state index contributed by atoms with van der Waals surface area (Å²) in [7, 11) is 4.31. The van der Waals surface area contributed by atoms with Gasteiger partial charge in [0.1, 0.15) is 11.3 Å². The highest BCUT2D eigenvalue weighted by Gasteiger charge is 2.47. The van der Waals surface area contributed by atoms with E-state index in [1.807, 2.05) is 24.0 Å². The first-order valence-corrected chi connectivity index (χ1v) is 20.2. The Morgan fingerprint density at radius 3 is 2.41 bits per heavy atom. The number of benzene rings is 2. The smallest absolute Gasteiger partial charge is 0.422 e. The fourth-order valence-electron chi connectivity index (χ4n) is 9.85. The Kier molecular flexibility index (Phi) is 9.42. The second-order valence-electron chi connectivity index (χ2n) is 17.2. The van der Waals surface area contributed by atoms with Gasteiger partial charge in [-0.15, -0.1) is 0 Å². The molecule has 5 aliphatic rings. The molecule has 6 heterocycles. The largest absolute Gasteiger partial charge is 0.481 e. The van der Waals surface area contributed by atoms with Crippen LogP contribution in [-0.4, -0.2) is 132 Å². The molecule has 11 nitrogen and oxygen atoms in total. The molecule has 0 unspecified atom stereocenters. The van der Waals surface area contributed by atoms with Crippen molar-refractivity contribution < 1.29 is 22.7 Å². The van der Waals surface area contributed by atoms with Crippen molar-refractivity contribution in [3.05, 3.63) is 48.2 Å². The van der Waals surface area contributed by atoms with Crippen molar-refractivity contribution in [2.75, 3.05) is 82.9 Å². The lowest BCUT2D eigenvalue weighted by molar-refractivity contribution is -0.153. The average molecular weight is 772 g/mol. The molecular weight excluding hydrogens is 720 g/mol. The molecule has 5 fully saturated rings. The van der Waals surface area contributed by atoms with E-state index in [1.54, 1.807) is 6.20 Å². The van der Waals surface area contributed by atoms with Gasteiger partial charge < -0.3 is 24.3 Å². The van der Waals surface area contributed by atoms with E-state index in [4.69, 9.17) is 14.7 Å². The molecule has 298 valence electrons. The van der Waals surface area contributed by atoms with E-state index in [0.717, 1.165) is 117 Å². The second kappa shape index (κ2) is 14.2. The summed E-state index contributed by atoms with van der Waals surface area (Å²) >= 11 is 0. The van der Waals surface area contributed by atoms with Crippen LogP contribution in [0, 0.1) is 12.3 Å². The number of fused-ring (bicyclic) bond motifs is 2.